The molecule has 1 saturated heterocycles. The molecule has 0 aliphatic carbocycles. The lowest BCUT2D eigenvalue weighted by Gasteiger charge is -2.24. The van der Waals surface area contributed by atoms with Gasteiger partial charge in [-0.05, 0) is 52.4 Å². The summed E-state index contributed by atoms with van der Waals surface area (Å²) in [5, 5.41) is 4.65. The summed E-state index contributed by atoms with van der Waals surface area (Å²) in [5.74, 6) is 2.44. The molecule has 0 atom stereocenters. The van der Waals surface area contributed by atoms with Gasteiger partial charge in [0.2, 0.25) is 0 Å². The lowest BCUT2D eigenvalue weighted by Crippen LogP contribution is -2.24. The molecule has 5 heteroatoms. The first-order valence-corrected chi connectivity index (χ1v) is 7.86. The Morgan fingerprint density at radius 1 is 1.19 bits per heavy atom. The van der Waals surface area contributed by atoms with Gasteiger partial charge in [0.15, 0.2) is 0 Å². The smallest absolute Gasteiger partial charge is 0.0835 e. The van der Waals surface area contributed by atoms with Crippen molar-refractivity contribution in [2.45, 2.75) is 18.9 Å². The molecule has 1 aliphatic rings. The van der Waals surface area contributed by atoms with Crippen LogP contribution in [0.1, 0.15) is 12.8 Å². The molecule has 0 amide bonds. The highest BCUT2D eigenvalue weighted by Crippen LogP contribution is 2.36. The van der Waals surface area contributed by atoms with Crippen LogP contribution < -0.4 is 5.32 Å². The van der Waals surface area contributed by atoms with Crippen LogP contribution in [-0.2, 0) is 0 Å². The summed E-state index contributed by atoms with van der Waals surface area (Å²) in [6.07, 6.45) is 2.38. The van der Waals surface area contributed by atoms with E-state index in [1.807, 2.05) is 23.9 Å². The molecular weight excluding hydrogens is 329 g/mol. The van der Waals surface area contributed by atoms with Crippen molar-refractivity contribution in [3.63, 3.8) is 0 Å². The Morgan fingerprint density at radius 3 is 2.56 bits per heavy atom. The van der Waals surface area contributed by atoms with Gasteiger partial charge in [-0.25, -0.2) is 0 Å². The zero-order valence-electron chi connectivity index (χ0n) is 8.60. The Labute approximate surface area is 118 Å². The van der Waals surface area contributed by atoms with Gasteiger partial charge in [0.1, 0.15) is 0 Å². The predicted octanol–water partition coefficient (Wildman–Crippen LogP) is 5.06. The highest BCUT2D eigenvalue weighted by molar-refractivity contribution is 9.10. The van der Waals surface area contributed by atoms with E-state index in [9.17, 15) is 0 Å². The fraction of sp³-hybridized carbons (Fsp3) is 0.455. The van der Waals surface area contributed by atoms with Gasteiger partial charge in [0.05, 0.1) is 15.7 Å². The van der Waals surface area contributed by atoms with E-state index >= 15 is 0 Å². The summed E-state index contributed by atoms with van der Waals surface area (Å²) >= 11 is 17.6. The van der Waals surface area contributed by atoms with E-state index in [2.05, 4.69) is 21.2 Å². The summed E-state index contributed by atoms with van der Waals surface area (Å²) in [6, 6.07) is 4.42. The molecule has 1 N–H and O–H groups in total. The van der Waals surface area contributed by atoms with Crippen LogP contribution in [-0.4, -0.2) is 17.5 Å². The first-order valence-electron chi connectivity index (χ1n) is 5.16. The van der Waals surface area contributed by atoms with Gasteiger partial charge in [0, 0.05) is 10.5 Å². The van der Waals surface area contributed by atoms with Crippen LogP contribution in [0.15, 0.2) is 16.6 Å². The number of nitrogens with one attached hydrogen (secondary N) is 1. The van der Waals surface area contributed by atoms with Gasteiger partial charge in [-0.2, -0.15) is 11.8 Å². The Morgan fingerprint density at radius 2 is 1.88 bits per heavy atom. The second-order valence-electron chi connectivity index (χ2n) is 3.75. The molecule has 0 bridgehead atoms. The number of thioether (sulfide) groups is 1. The van der Waals surface area contributed by atoms with Crippen molar-refractivity contribution >= 4 is 56.6 Å². The first-order chi connectivity index (χ1) is 7.68. The van der Waals surface area contributed by atoms with E-state index in [0.29, 0.717) is 16.1 Å². The maximum Gasteiger partial charge on any atom is 0.0835 e. The van der Waals surface area contributed by atoms with Crippen molar-refractivity contribution in [2.75, 3.05) is 16.8 Å². The van der Waals surface area contributed by atoms with Crippen molar-refractivity contribution in [2.24, 2.45) is 0 Å². The Kier molecular flexibility index (Phi) is 4.71. The largest absolute Gasteiger partial charge is 0.381 e. The number of rotatable bonds is 2. The minimum absolute atomic E-state index is 0.524. The minimum atomic E-state index is 0.524. The predicted molar refractivity (Wildman–Crippen MR) is 78.1 cm³/mol. The molecular formula is C11H12BrCl2NS. The fourth-order valence-corrected chi connectivity index (χ4v) is 3.63. The lowest BCUT2D eigenvalue weighted by atomic mass is 10.1. The van der Waals surface area contributed by atoms with Gasteiger partial charge >= 0.3 is 0 Å². The molecule has 88 valence electrons. The Hall–Kier alpha value is 0.430. The third kappa shape index (κ3) is 3.00. The molecule has 1 aromatic carbocycles. The molecule has 2 rings (SSSR count). The molecule has 1 nitrogen and oxygen atoms in total. The minimum Gasteiger partial charge on any atom is -0.381 e. The first kappa shape index (κ1) is 12.9. The molecule has 1 aromatic rings. The number of hydrogen-bond acceptors (Lipinski definition) is 2. The van der Waals surface area contributed by atoms with Crippen LogP contribution >= 0.6 is 50.9 Å². The van der Waals surface area contributed by atoms with Crippen LogP contribution in [0, 0.1) is 0 Å². The number of halogens is 3. The van der Waals surface area contributed by atoms with E-state index in [1.165, 1.54) is 24.3 Å². The van der Waals surface area contributed by atoms with Crippen LogP contribution in [0.5, 0.6) is 0 Å². The van der Waals surface area contributed by atoms with Gasteiger partial charge in [-0.1, -0.05) is 23.2 Å². The van der Waals surface area contributed by atoms with Crippen LogP contribution in [0.25, 0.3) is 0 Å². The monoisotopic (exact) mass is 339 g/mol. The summed E-state index contributed by atoms with van der Waals surface area (Å²) in [6.45, 7) is 0. The summed E-state index contributed by atoms with van der Waals surface area (Å²) in [7, 11) is 0. The molecule has 1 fully saturated rings. The summed E-state index contributed by atoms with van der Waals surface area (Å²) in [4.78, 5) is 0. The number of hydrogen-bond donors (Lipinski definition) is 1. The molecule has 0 saturated carbocycles. The van der Waals surface area contributed by atoms with Gasteiger partial charge in [-0.15, -0.1) is 0 Å². The van der Waals surface area contributed by atoms with E-state index in [0.717, 1.165) is 10.2 Å². The second kappa shape index (κ2) is 5.85. The molecule has 1 aliphatic heterocycles. The van der Waals surface area contributed by atoms with Crippen molar-refractivity contribution in [1.29, 1.82) is 0 Å². The van der Waals surface area contributed by atoms with E-state index < -0.39 is 0 Å². The van der Waals surface area contributed by atoms with E-state index in [1.54, 1.807) is 0 Å². The number of anilines is 1. The molecule has 16 heavy (non-hydrogen) atoms. The standard InChI is InChI=1S/C11H12BrCl2NS/c12-8-1-2-9(11(14)10(8)13)15-7-3-5-16-6-4-7/h1-2,7,15H,3-6H2. The van der Waals surface area contributed by atoms with Crippen molar-refractivity contribution in [1.82, 2.24) is 0 Å². The van der Waals surface area contributed by atoms with Crippen LogP contribution in [0.3, 0.4) is 0 Å². The fourth-order valence-electron chi connectivity index (χ4n) is 1.70. The average Bonchev–Trinajstić information content (AvgIpc) is 2.31. The SMILES string of the molecule is Clc1c(Br)ccc(NC2CCSCC2)c1Cl. The van der Waals surface area contributed by atoms with Crippen LogP contribution in [0.2, 0.25) is 10.0 Å². The van der Waals surface area contributed by atoms with Crippen molar-refractivity contribution < 1.29 is 0 Å². The van der Waals surface area contributed by atoms with Gasteiger partial charge in [-0.3, -0.25) is 0 Å². The third-order valence-electron chi connectivity index (χ3n) is 2.62. The normalized spacial score (nSPS) is 17.4. The van der Waals surface area contributed by atoms with Crippen molar-refractivity contribution in [3.8, 4) is 0 Å². The Balaban J connectivity index is 2.11. The highest BCUT2D eigenvalue weighted by atomic mass is 79.9. The molecule has 0 aromatic heterocycles. The molecule has 0 spiro atoms. The molecule has 0 unspecified atom stereocenters. The maximum absolute atomic E-state index is 6.19. The topological polar surface area (TPSA) is 12.0 Å². The maximum atomic E-state index is 6.19. The molecule has 0 radical (unpaired) electrons. The van der Waals surface area contributed by atoms with Crippen LogP contribution in [0.4, 0.5) is 5.69 Å². The highest BCUT2D eigenvalue weighted by Gasteiger charge is 2.16. The van der Waals surface area contributed by atoms with Crippen molar-refractivity contribution in [3.05, 3.63) is 26.7 Å². The van der Waals surface area contributed by atoms with Gasteiger partial charge in [0.25, 0.3) is 0 Å². The van der Waals surface area contributed by atoms with E-state index in [4.69, 9.17) is 23.2 Å². The lowest BCUT2D eigenvalue weighted by molar-refractivity contribution is 0.667. The zero-order valence-corrected chi connectivity index (χ0v) is 12.5. The second-order valence-corrected chi connectivity index (χ2v) is 6.59. The third-order valence-corrected chi connectivity index (χ3v) is 5.44. The molecule has 1 heterocycles. The van der Waals surface area contributed by atoms with Gasteiger partial charge < -0.3 is 5.32 Å². The van der Waals surface area contributed by atoms with E-state index in [-0.39, 0.29) is 0 Å². The quantitative estimate of drug-likeness (QED) is 0.755. The summed E-state index contributed by atoms with van der Waals surface area (Å²) in [5.41, 5.74) is 0.937. The zero-order chi connectivity index (χ0) is 11.5. The summed E-state index contributed by atoms with van der Waals surface area (Å²) < 4.78 is 0.837. The Bertz CT molecular complexity index is 380. The average molecular weight is 341 g/mol. The number of benzene rings is 1.